The van der Waals surface area contributed by atoms with Gasteiger partial charge in [0.2, 0.25) is 11.7 Å². The number of thiophene rings is 1. The van der Waals surface area contributed by atoms with Gasteiger partial charge in [0.1, 0.15) is 5.69 Å². The van der Waals surface area contributed by atoms with Crippen LogP contribution in [-0.2, 0) is 6.42 Å². The molecule has 1 amide bonds. The van der Waals surface area contributed by atoms with E-state index in [0.717, 1.165) is 34.3 Å². The predicted molar refractivity (Wildman–Crippen MR) is 109 cm³/mol. The van der Waals surface area contributed by atoms with Crippen LogP contribution in [0.2, 0.25) is 0 Å². The molecule has 1 aromatic carbocycles. The predicted octanol–water partition coefficient (Wildman–Crippen LogP) is 3.84. The van der Waals surface area contributed by atoms with Crippen molar-refractivity contribution in [1.29, 1.82) is 0 Å². The van der Waals surface area contributed by atoms with Gasteiger partial charge < -0.3 is 9.42 Å². The summed E-state index contributed by atoms with van der Waals surface area (Å²) in [5, 5.41) is 5.13. The van der Waals surface area contributed by atoms with Crippen molar-refractivity contribution in [3.05, 3.63) is 59.7 Å². The molecule has 3 aromatic heterocycles. The van der Waals surface area contributed by atoms with Gasteiger partial charge in [0, 0.05) is 36.6 Å². The summed E-state index contributed by atoms with van der Waals surface area (Å²) in [7, 11) is 0. The van der Waals surface area contributed by atoms with E-state index < -0.39 is 0 Å². The average molecular weight is 405 g/mol. The van der Waals surface area contributed by atoms with Gasteiger partial charge >= 0.3 is 0 Å². The number of benzene rings is 1. The number of carbonyl (C=O) groups excluding carboxylic acids is 1. The van der Waals surface area contributed by atoms with Crippen LogP contribution in [0.4, 0.5) is 0 Å². The second kappa shape index (κ2) is 7.71. The normalized spacial score (nSPS) is 17.0. The molecule has 1 saturated heterocycles. The van der Waals surface area contributed by atoms with Gasteiger partial charge in [-0.25, -0.2) is 4.98 Å². The van der Waals surface area contributed by atoms with E-state index in [1.807, 2.05) is 29.2 Å². The molecule has 4 aromatic rings. The summed E-state index contributed by atoms with van der Waals surface area (Å²) in [4.78, 5) is 28.5. The van der Waals surface area contributed by atoms with E-state index in [1.165, 1.54) is 0 Å². The number of fused-ring (bicyclic) bond motifs is 1. The van der Waals surface area contributed by atoms with E-state index in [-0.39, 0.29) is 5.91 Å². The van der Waals surface area contributed by atoms with Crippen LogP contribution in [0.3, 0.4) is 0 Å². The lowest BCUT2D eigenvalue weighted by molar-refractivity contribution is 0.0673. The molecule has 0 radical (unpaired) electrons. The Morgan fingerprint density at radius 1 is 1.28 bits per heavy atom. The third kappa shape index (κ3) is 3.75. The summed E-state index contributed by atoms with van der Waals surface area (Å²) in [5.74, 6) is 1.44. The van der Waals surface area contributed by atoms with Gasteiger partial charge in [-0.1, -0.05) is 23.4 Å². The molecule has 7 nitrogen and oxygen atoms in total. The van der Waals surface area contributed by atoms with Crippen LogP contribution in [0.5, 0.6) is 0 Å². The molecule has 1 aliphatic rings. The monoisotopic (exact) mass is 405 g/mol. The summed E-state index contributed by atoms with van der Waals surface area (Å²) in [6, 6.07) is 10.1. The van der Waals surface area contributed by atoms with Gasteiger partial charge in [0.25, 0.3) is 5.91 Å². The molecule has 5 rings (SSSR count). The first kappa shape index (κ1) is 17.9. The minimum atomic E-state index is 0.113. The highest BCUT2D eigenvalue weighted by molar-refractivity contribution is 7.20. The fraction of sp³-hybridized carbons (Fsp3) is 0.286. The third-order valence-electron chi connectivity index (χ3n) is 5.17. The first-order valence-corrected chi connectivity index (χ1v) is 10.4. The van der Waals surface area contributed by atoms with Crippen LogP contribution in [0, 0.1) is 5.92 Å². The molecule has 29 heavy (non-hydrogen) atoms. The van der Waals surface area contributed by atoms with E-state index in [9.17, 15) is 4.79 Å². The summed E-state index contributed by atoms with van der Waals surface area (Å²) in [6.07, 6.45) is 7.49. The fourth-order valence-electron chi connectivity index (χ4n) is 3.76. The standard InChI is InChI=1S/C21H19N5O2S/c27-21(18-11-15-5-1-2-6-17(15)29-18)26-9-3-4-14(13-26)10-19-24-20(25-28-19)16-12-22-7-8-23-16/h1-2,5-8,11-12,14H,3-4,9-10,13H2. The minimum absolute atomic E-state index is 0.113. The summed E-state index contributed by atoms with van der Waals surface area (Å²) >= 11 is 1.56. The first-order chi connectivity index (χ1) is 14.3. The van der Waals surface area contributed by atoms with Crippen molar-refractivity contribution in [2.45, 2.75) is 19.3 Å². The molecule has 1 atom stereocenters. The van der Waals surface area contributed by atoms with E-state index in [2.05, 4.69) is 26.2 Å². The summed E-state index contributed by atoms with van der Waals surface area (Å²) in [6.45, 7) is 1.49. The second-order valence-electron chi connectivity index (χ2n) is 7.21. The number of aromatic nitrogens is 4. The molecule has 0 spiro atoms. The van der Waals surface area contributed by atoms with Crippen LogP contribution in [-0.4, -0.2) is 44.0 Å². The van der Waals surface area contributed by atoms with Crippen molar-refractivity contribution in [2.75, 3.05) is 13.1 Å². The summed E-state index contributed by atoms with van der Waals surface area (Å²) < 4.78 is 6.56. The van der Waals surface area contributed by atoms with Crippen LogP contribution in [0.25, 0.3) is 21.6 Å². The molecule has 0 bridgehead atoms. The maximum atomic E-state index is 13.0. The molecule has 0 N–H and O–H groups in total. The molecule has 146 valence electrons. The van der Waals surface area contributed by atoms with Crippen molar-refractivity contribution in [1.82, 2.24) is 25.0 Å². The molecule has 1 unspecified atom stereocenters. The van der Waals surface area contributed by atoms with Gasteiger partial charge in [0.15, 0.2) is 0 Å². The average Bonchev–Trinajstić information content (AvgIpc) is 3.41. The number of nitrogens with zero attached hydrogens (tertiary/aromatic N) is 5. The topological polar surface area (TPSA) is 85.0 Å². The zero-order valence-corrected chi connectivity index (χ0v) is 16.5. The highest BCUT2D eigenvalue weighted by Crippen LogP contribution is 2.28. The third-order valence-corrected chi connectivity index (χ3v) is 6.27. The van der Waals surface area contributed by atoms with Crippen LogP contribution < -0.4 is 0 Å². The Kier molecular flexibility index (Phi) is 4.77. The van der Waals surface area contributed by atoms with Crippen molar-refractivity contribution < 1.29 is 9.32 Å². The molecule has 8 heteroatoms. The number of likely N-dealkylation sites (tertiary alicyclic amines) is 1. The van der Waals surface area contributed by atoms with E-state index >= 15 is 0 Å². The summed E-state index contributed by atoms with van der Waals surface area (Å²) in [5.41, 5.74) is 0.590. The van der Waals surface area contributed by atoms with Crippen LogP contribution in [0.1, 0.15) is 28.4 Å². The molecule has 4 heterocycles. The molecular formula is C21H19N5O2S. The quantitative estimate of drug-likeness (QED) is 0.513. The number of amides is 1. The maximum absolute atomic E-state index is 13.0. The lowest BCUT2D eigenvalue weighted by Crippen LogP contribution is -2.40. The number of hydrogen-bond donors (Lipinski definition) is 0. The van der Waals surface area contributed by atoms with Crippen molar-refractivity contribution >= 4 is 27.3 Å². The number of piperidine rings is 1. The SMILES string of the molecule is O=C(c1cc2ccccc2s1)N1CCCC(Cc2nc(-c3cnccn3)no2)C1. The number of carbonyl (C=O) groups is 1. The van der Waals surface area contributed by atoms with Gasteiger partial charge in [0.05, 0.1) is 11.1 Å². The molecular weight excluding hydrogens is 386 g/mol. The maximum Gasteiger partial charge on any atom is 0.263 e. The zero-order chi connectivity index (χ0) is 19.6. The fourth-order valence-corrected chi connectivity index (χ4v) is 4.79. The Hall–Kier alpha value is -3.13. The second-order valence-corrected chi connectivity index (χ2v) is 8.30. The van der Waals surface area contributed by atoms with Crippen molar-refractivity contribution in [2.24, 2.45) is 5.92 Å². The van der Waals surface area contributed by atoms with Crippen molar-refractivity contribution in [3.8, 4) is 11.5 Å². The zero-order valence-electron chi connectivity index (χ0n) is 15.7. The first-order valence-electron chi connectivity index (χ1n) is 9.63. The van der Waals surface area contributed by atoms with E-state index in [1.54, 1.807) is 29.9 Å². The van der Waals surface area contributed by atoms with E-state index in [4.69, 9.17) is 4.52 Å². The molecule has 1 fully saturated rings. The Bertz CT molecular complexity index is 1110. The lowest BCUT2D eigenvalue weighted by Gasteiger charge is -2.31. The van der Waals surface area contributed by atoms with Crippen LogP contribution >= 0.6 is 11.3 Å². The largest absolute Gasteiger partial charge is 0.339 e. The molecule has 0 saturated carbocycles. The Labute approximate surface area is 171 Å². The molecule has 1 aliphatic heterocycles. The Morgan fingerprint density at radius 3 is 3.07 bits per heavy atom. The smallest absolute Gasteiger partial charge is 0.263 e. The Morgan fingerprint density at radius 2 is 2.21 bits per heavy atom. The number of rotatable bonds is 4. The highest BCUT2D eigenvalue weighted by atomic mass is 32.1. The van der Waals surface area contributed by atoms with Crippen molar-refractivity contribution in [3.63, 3.8) is 0 Å². The highest BCUT2D eigenvalue weighted by Gasteiger charge is 2.27. The van der Waals surface area contributed by atoms with Gasteiger partial charge in [-0.2, -0.15) is 4.98 Å². The number of hydrogen-bond acceptors (Lipinski definition) is 7. The Balaban J connectivity index is 1.27. The lowest BCUT2D eigenvalue weighted by atomic mass is 9.94. The van der Waals surface area contributed by atoms with Gasteiger partial charge in [-0.05, 0) is 36.3 Å². The van der Waals surface area contributed by atoms with Gasteiger partial charge in [-0.15, -0.1) is 11.3 Å². The molecule has 0 aliphatic carbocycles. The van der Waals surface area contributed by atoms with Gasteiger partial charge in [-0.3, -0.25) is 9.78 Å². The van der Waals surface area contributed by atoms with E-state index in [0.29, 0.717) is 36.3 Å². The minimum Gasteiger partial charge on any atom is -0.339 e. The van der Waals surface area contributed by atoms with Crippen LogP contribution in [0.15, 0.2) is 53.4 Å².